The minimum Gasteiger partial charge on any atom is -0.397 e. The Morgan fingerprint density at radius 1 is 1.37 bits per heavy atom. The molecule has 1 aliphatic carbocycles. The molecule has 2 heterocycles. The van der Waals surface area contributed by atoms with Crippen LogP contribution in [-0.4, -0.2) is 20.4 Å². The molecular weight excluding hydrogens is 260 g/mol. The van der Waals surface area contributed by atoms with Gasteiger partial charge in [-0.25, -0.2) is 0 Å². The summed E-state index contributed by atoms with van der Waals surface area (Å²) in [4.78, 5) is 8.34. The first-order valence-corrected chi connectivity index (χ1v) is 7.52. The SMILES string of the molecule is Nc1cnccc1-c1nc(CSC2CCCC2)no1. The van der Waals surface area contributed by atoms with Gasteiger partial charge in [-0.2, -0.15) is 16.7 Å². The van der Waals surface area contributed by atoms with Gasteiger partial charge in [0.05, 0.1) is 23.2 Å². The maximum Gasteiger partial charge on any atom is 0.260 e. The number of aromatic nitrogens is 3. The second kappa shape index (κ2) is 5.61. The van der Waals surface area contributed by atoms with E-state index in [2.05, 4.69) is 15.1 Å². The van der Waals surface area contributed by atoms with Gasteiger partial charge in [-0.1, -0.05) is 18.0 Å². The van der Waals surface area contributed by atoms with Crippen LogP contribution in [-0.2, 0) is 5.75 Å². The molecular formula is C13H16N4OS. The molecule has 1 saturated carbocycles. The van der Waals surface area contributed by atoms with Crippen LogP contribution in [0.1, 0.15) is 31.5 Å². The zero-order valence-electron chi connectivity index (χ0n) is 10.6. The van der Waals surface area contributed by atoms with Crippen molar-refractivity contribution in [3.8, 4) is 11.5 Å². The molecule has 0 atom stereocenters. The van der Waals surface area contributed by atoms with E-state index in [-0.39, 0.29) is 0 Å². The number of nitrogens with zero attached hydrogens (tertiary/aromatic N) is 3. The van der Waals surface area contributed by atoms with Gasteiger partial charge in [0.2, 0.25) is 0 Å². The average molecular weight is 276 g/mol. The first kappa shape index (κ1) is 12.5. The standard InChI is InChI=1S/C13H16N4OS/c14-11-7-15-6-5-10(11)13-16-12(17-18-13)8-19-9-3-1-2-4-9/h5-7,9H,1-4,8,14H2. The minimum absolute atomic E-state index is 0.474. The highest BCUT2D eigenvalue weighted by atomic mass is 32.2. The Kier molecular flexibility index (Phi) is 3.68. The Morgan fingerprint density at radius 3 is 3.00 bits per heavy atom. The molecule has 100 valence electrons. The van der Waals surface area contributed by atoms with E-state index in [9.17, 15) is 0 Å². The van der Waals surface area contributed by atoms with E-state index in [1.165, 1.54) is 25.7 Å². The molecule has 19 heavy (non-hydrogen) atoms. The predicted octanol–water partition coefficient (Wildman–Crippen LogP) is 2.89. The van der Waals surface area contributed by atoms with Crippen LogP contribution in [0, 0.1) is 0 Å². The largest absolute Gasteiger partial charge is 0.397 e. The second-order valence-electron chi connectivity index (χ2n) is 4.70. The average Bonchev–Trinajstić information content (AvgIpc) is 3.08. The van der Waals surface area contributed by atoms with E-state index in [4.69, 9.17) is 10.3 Å². The summed E-state index contributed by atoms with van der Waals surface area (Å²) in [6.07, 6.45) is 8.58. The van der Waals surface area contributed by atoms with Gasteiger partial charge in [0.1, 0.15) is 0 Å². The van der Waals surface area contributed by atoms with Crippen molar-refractivity contribution in [2.75, 3.05) is 5.73 Å². The third kappa shape index (κ3) is 2.89. The highest BCUT2D eigenvalue weighted by Gasteiger charge is 2.17. The second-order valence-corrected chi connectivity index (χ2v) is 5.98. The van der Waals surface area contributed by atoms with Crippen molar-refractivity contribution in [2.24, 2.45) is 0 Å². The van der Waals surface area contributed by atoms with Crippen LogP contribution in [0.3, 0.4) is 0 Å². The Hall–Kier alpha value is -1.56. The molecule has 0 radical (unpaired) electrons. The number of nitrogens with two attached hydrogens (primary N) is 1. The van der Waals surface area contributed by atoms with Crippen LogP contribution < -0.4 is 5.73 Å². The van der Waals surface area contributed by atoms with Gasteiger partial charge < -0.3 is 10.3 Å². The molecule has 0 amide bonds. The Bertz CT molecular complexity index is 551. The highest BCUT2D eigenvalue weighted by Crippen LogP contribution is 2.31. The van der Waals surface area contributed by atoms with E-state index < -0.39 is 0 Å². The highest BCUT2D eigenvalue weighted by molar-refractivity contribution is 7.99. The molecule has 0 spiro atoms. The lowest BCUT2D eigenvalue weighted by Gasteiger charge is -2.04. The number of rotatable bonds is 4. The molecule has 0 aromatic carbocycles. The minimum atomic E-state index is 0.474. The van der Waals surface area contributed by atoms with Gasteiger partial charge >= 0.3 is 0 Å². The molecule has 3 rings (SSSR count). The first-order chi connectivity index (χ1) is 9.33. The molecule has 2 aromatic heterocycles. The van der Waals surface area contributed by atoms with Crippen LogP contribution in [0.15, 0.2) is 23.0 Å². The zero-order chi connectivity index (χ0) is 13.1. The summed E-state index contributed by atoms with van der Waals surface area (Å²) in [5, 5.41) is 4.77. The summed E-state index contributed by atoms with van der Waals surface area (Å²) in [7, 11) is 0. The number of nitrogen functional groups attached to an aromatic ring is 1. The van der Waals surface area contributed by atoms with E-state index >= 15 is 0 Å². The first-order valence-electron chi connectivity index (χ1n) is 6.47. The molecule has 2 aromatic rings. The maximum atomic E-state index is 5.84. The van der Waals surface area contributed by atoms with Crippen molar-refractivity contribution >= 4 is 17.4 Å². The van der Waals surface area contributed by atoms with Gasteiger partial charge in [-0.05, 0) is 18.9 Å². The van der Waals surface area contributed by atoms with Crippen molar-refractivity contribution in [3.05, 3.63) is 24.3 Å². The third-order valence-corrected chi connectivity index (χ3v) is 4.67. The van der Waals surface area contributed by atoms with Gasteiger partial charge in [0, 0.05) is 11.4 Å². The zero-order valence-corrected chi connectivity index (χ0v) is 11.4. The lowest BCUT2D eigenvalue weighted by Crippen LogP contribution is -1.96. The van der Waals surface area contributed by atoms with Crippen LogP contribution in [0.5, 0.6) is 0 Å². The molecule has 6 heteroatoms. The molecule has 1 aliphatic rings. The van der Waals surface area contributed by atoms with Gasteiger partial charge in [-0.15, -0.1) is 0 Å². The summed E-state index contributed by atoms with van der Waals surface area (Å²) in [6, 6.07) is 1.79. The fourth-order valence-electron chi connectivity index (χ4n) is 2.27. The molecule has 0 aliphatic heterocycles. The van der Waals surface area contributed by atoms with E-state index in [0.29, 0.717) is 11.6 Å². The van der Waals surface area contributed by atoms with Gasteiger partial charge in [0.25, 0.3) is 5.89 Å². The van der Waals surface area contributed by atoms with Crippen LogP contribution in [0.25, 0.3) is 11.5 Å². The van der Waals surface area contributed by atoms with E-state index in [0.717, 1.165) is 22.4 Å². The number of pyridine rings is 1. The Balaban J connectivity index is 1.67. The van der Waals surface area contributed by atoms with E-state index in [1.54, 1.807) is 18.5 Å². The summed E-state index contributed by atoms with van der Waals surface area (Å²) < 4.78 is 5.26. The van der Waals surface area contributed by atoms with Crippen molar-refractivity contribution in [1.29, 1.82) is 0 Å². The Labute approximate surface area is 116 Å². The van der Waals surface area contributed by atoms with Crippen molar-refractivity contribution in [2.45, 2.75) is 36.7 Å². The van der Waals surface area contributed by atoms with Crippen molar-refractivity contribution in [1.82, 2.24) is 15.1 Å². The molecule has 0 unspecified atom stereocenters. The molecule has 5 nitrogen and oxygen atoms in total. The van der Waals surface area contributed by atoms with Crippen LogP contribution >= 0.6 is 11.8 Å². The molecule has 0 bridgehead atoms. The van der Waals surface area contributed by atoms with Crippen molar-refractivity contribution in [3.63, 3.8) is 0 Å². The molecule has 2 N–H and O–H groups in total. The predicted molar refractivity (Wildman–Crippen MR) is 75.5 cm³/mol. The quantitative estimate of drug-likeness (QED) is 0.925. The van der Waals surface area contributed by atoms with Crippen LogP contribution in [0.4, 0.5) is 5.69 Å². The summed E-state index contributed by atoms with van der Waals surface area (Å²) in [5.41, 5.74) is 7.15. The Morgan fingerprint density at radius 2 is 2.21 bits per heavy atom. The topological polar surface area (TPSA) is 77.8 Å². The number of hydrogen-bond acceptors (Lipinski definition) is 6. The van der Waals surface area contributed by atoms with Crippen LogP contribution in [0.2, 0.25) is 0 Å². The monoisotopic (exact) mass is 276 g/mol. The number of thioether (sulfide) groups is 1. The smallest absolute Gasteiger partial charge is 0.260 e. The normalized spacial score (nSPS) is 16.0. The number of hydrogen-bond donors (Lipinski definition) is 1. The summed E-state index contributed by atoms with van der Waals surface area (Å²) in [5.74, 6) is 2.02. The number of anilines is 1. The lowest BCUT2D eigenvalue weighted by atomic mass is 10.2. The molecule has 0 saturated heterocycles. The molecule has 1 fully saturated rings. The van der Waals surface area contributed by atoms with Gasteiger partial charge in [0.15, 0.2) is 5.82 Å². The van der Waals surface area contributed by atoms with Crippen molar-refractivity contribution < 1.29 is 4.52 Å². The van der Waals surface area contributed by atoms with E-state index in [1.807, 2.05) is 11.8 Å². The lowest BCUT2D eigenvalue weighted by molar-refractivity contribution is 0.425. The summed E-state index contributed by atoms with van der Waals surface area (Å²) >= 11 is 1.92. The fraction of sp³-hybridized carbons (Fsp3) is 0.462. The maximum absolute atomic E-state index is 5.84. The summed E-state index contributed by atoms with van der Waals surface area (Å²) in [6.45, 7) is 0. The van der Waals surface area contributed by atoms with Gasteiger partial charge in [-0.3, -0.25) is 4.98 Å². The fourth-order valence-corrected chi connectivity index (χ4v) is 3.44. The third-order valence-electron chi connectivity index (χ3n) is 3.30.